The Labute approximate surface area is 115 Å². The predicted octanol–water partition coefficient (Wildman–Crippen LogP) is 1.78. The molecule has 0 aromatic heterocycles. The van der Waals surface area contributed by atoms with Gasteiger partial charge in [-0.2, -0.15) is 0 Å². The quantitative estimate of drug-likeness (QED) is 0.915. The minimum atomic E-state index is -3.19. The topological polar surface area (TPSA) is 55.4 Å². The highest BCUT2D eigenvalue weighted by Crippen LogP contribution is 2.24. The Morgan fingerprint density at radius 1 is 1.32 bits per heavy atom. The van der Waals surface area contributed by atoms with Crippen LogP contribution < -0.4 is 10.1 Å². The number of ether oxygens (including phenoxy) is 1. The molecule has 0 atom stereocenters. The number of aryl methyl sites for hydroxylation is 1. The van der Waals surface area contributed by atoms with Gasteiger partial charge in [0.1, 0.15) is 5.75 Å². The van der Waals surface area contributed by atoms with E-state index >= 15 is 0 Å². The van der Waals surface area contributed by atoms with Gasteiger partial charge in [-0.15, -0.1) is 0 Å². The van der Waals surface area contributed by atoms with Crippen LogP contribution in [0.15, 0.2) is 23.1 Å². The van der Waals surface area contributed by atoms with Gasteiger partial charge in [0.25, 0.3) is 0 Å². The van der Waals surface area contributed by atoms with Gasteiger partial charge in [-0.3, -0.25) is 0 Å². The molecule has 2 rings (SSSR count). The summed E-state index contributed by atoms with van der Waals surface area (Å²) in [6, 6.07) is 5.07. The van der Waals surface area contributed by atoms with E-state index in [0.717, 1.165) is 37.2 Å². The van der Waals surface area contributed by atoms with Crippen molar-refractivity contribution < 1.29 is 13.2 Å². The molecule has 0 amide bonds. The molecule has 1 heterocycles. The summed E-state index contributed by atoms with van der Waals surface area (Å²) in [7, 11) is -1.60. The number of hydrogen-bond donors (Lipinski definition) is 1. The van der Waals surface area contributed by atoms with Gasteiger partial charge in [-0.1, -0.05) is 0 Å². The fraction of sp³-hybridized carbons (Fsp3) is 0.571. The van der Waals surface area contributed by atoms with Crippen LogP contribution in [0, 0.1) is 12.8 Å². The van der Waals surface area contributed by atoms with E-state index in [0.29, 0.717) is 4.90 Å². The Morgan fingerprint density at radius 3 is 2.58 bits per heavy atom. The van der Waals surface area contributed by atoms with Crippen LogP contribution in [-0.4, -0.2) is 34.4 Å². The number of piperidine rings is 1. The van der Waals surface area contributed by atoms with Crippen molar-refractivity contribution in [3.05, 3.63) is 23.8 Å². The molecule has 19 heavy (non-hydrogen) atoms. The van der Waals surface area contributed by atoms with Gasteiger partial charge < -0.3 is 10.1 Å². The van der Waals surface area contributed by atoms with E-state index in [1.165, 1.54) is 0 Å². The molecule has 0 aliphatic carbocycles. The molecule has 0 unspecified atom stereocenters. The highest BCUT2D eigenvalue weighted by atomic mass is 32.2. The van der Waals surface area contributed by atoms with E-state index in [4.69, 9.17) is 4.74 Å². The van der Waals surface area contributed by atoms with Crippen molar-refractivity contribution in [2.45, 2.75) is 24.7 Å². The van der Waals surface area contributed by atoms with E-state index < -0.39 is 9.84 Å². The van der Waals surface area contributed by atoms with Crippen molar-refractivity contribution in [2.24, 2.45) is 5.92 Å². The highest BCUT2D eigenvalue weighted by molar-refractivity contribution is 7.91. The second-order valence-corrected chi connectivity index (χ2v) is 7.14. The molecule has 1 saturated heterocycles. The SMILES string of the molecule is COc1ccc(S(=O)(=O)CC2CCNCC2)cc1C. The molecule has 0 spiro atoms. The third kappa shape index (κ3) is 3.48. The van der Waals surface area contributed by atoms with E-state index in [2.05, 4.69) is 5.32 Å². The molecule has 1 aliphatic heterocycles. The van der Waals surface area contributed by atoms with Crippen LogP contribution in [0.2, 0.25) is 0 Å². The molecule has 1 fully saturated rings. The maximum atomic E-state index is 12.4. The molecular formula is C14H21NO3S. The normalized spacial score (nSPS) is 17.4. The smallest absolute Gasteiger partial charge is 0.178 e. The van der Waals surface area contributed by atoms with Crippen molar-refractivity contribution in [2.75, 3.05) is 26.0 Å². The number of hydrogen-bond acceptors (Lipinski definition) is 4. The summed E-state index contributed by atoms with van der Waals surface area (Å²) in [5.74, 6) is 1.25. The van der Waals surface area contributed by atoms with Gasteiger partial charge in [-0.25, -0.2) is 8.42 Å². The zero-order chi connectivity index (χ0) is 13.9. The Bertz CT molecular complexity index is 534. The number of nitrogens with one attached hydrogen (secondary N) is 1. The van der Waals surface area contributed by atoms with Crippen LogP contribution in [0.5, 0.6) is 5.75 Å². The second-order valence-electron chi connectivity index (χ2n) is 5.11. The molecule has 0 bridgehead atoms. The summed E-state index contributed by atoms with van der Waals surface area (Å²) in [6.07, 6.45) is 1.88. The Hall–Kier alpha value is -1.07. The summed E-state index contributed by atoms with van der Waals surface area (Å²) in [4.78, 5) is 0.407. The van der Waals surface area contributed by atoms with Gasteiger partial charge in [0.2, 0.25) is 0 Å². The highest BCUT2D eigenvalue weighted by Gasteiger charge is 2.23. The van der Waals surface area contributed by atoms with E-state index in [1.54, 1.807) is 25.3 Å². The average Bonchev–Trinajstić information content (AvgIpc) is 2.39. The summed E-state index contributed by atoms with van der Waals surface area (Å²) in [5, 5.41) is 3.25. The van der Waals surface area contributed by atoms with Gasteiger partial charge >= 0.3 is 0 Å². The van der Waals surface area contributed by atoms with Gasteiger partial charge in [0.05, 0.1) is 17.8 Å². The first-order valence-corrected chi connectivity index (χ1v) is 8.26. The Balaban J connectivity index is 2.16. The molecule has 0 radical (unpaired) electrons. The molecular weight excluding hydrogens is 262 g/mol. The van der Waals surface area contributed by atoms with Crippen molar-refractivity contribution in [3.63, 3.8) is 0 Å². The maximum Gasteiger partial charge on any atom is 0.178 e. The standard InChI is InChI=1S/C14H21NO3S/c1-11-9-13(3-4-14(11)18-2)19(16,17)10-12-5-7-15-8-6-12/h3-4,9,12,15H,5-8,10H2,1-2H3. The van der Waals surface area contributed by atoms with Crippen molar-refractivity contribution in [1.29, 1.82) is 0 Å². The first-order valence-electron chi connectivity index (χ1n) is 6.61. The zero-order valence-corrected chi connectivity index (χ0v) is 12.3. The molecule has 1 aromatic carbocycles. The lowest BCUT2D eigenvalue weighted by molar-refractivity contribution is 0.401. The number of benzene rings is 1. The first-order chi connectivity index (χ1) is 9.03. The number of sulfone groups is 1. The van der Waals surface area contributed by atoms with Gasteiger partial charge in [0.15, 0.2) is 9.84 Å². The summed E-state index contributed by atoms with van der Waals surface area (Å²) in [6.45, 7) is 3.70. The molecule has 1 aliphatic rings. The van der Waals surface area contributed by atoms with Crippen molar-refractivity contribution in [1.82, 2.24) is 5.32 Å². The molecule has 4 nitrogen and oxygen atoms in total. The Kier molecular flexibility index (Phi) is 4.47. The van der Waals surface area contributed by atoms with Crippen LogP contribution in [0.25, 0.3) is 0 Å². The lowest BCUT2D eigenvalue weighted by atomic mass is 10.0. The third-order valence-corrected chi connectivity index (χ3v) is 5.52. The molecule has 1 aromatic rings. The zero-order valence-electron chi connectivity index (χ0n) is 11.5. The minimum Gasteiger partial charge on any atom is -0.496 e. The largest absolute Gasteiger partial charge is 0.496 e. The summed E-state index contributed by atoms with van der Waals surface area (Å²) < 4.78 is 29.9. The Morgan fingerprint density at radius 2 is 2.00 bits per heavy atom. The van der Waals surface area contributed by atoms with Crippen molar-refractivity contribution >= 4 is 9.84 Å². The molecule has 0 saturated carbocycles. The molecule has 106 valence electrons. The minimum absolute atomic E-state index is 0.250. The third-order valence-electron chi connectivity index (χ3n) is 3.64. The number of methoxy groups -OCH3 is 1. The average molecular weight is 283 g/mol. The van der Waals surface area contributed by atoms with E-state index in [9.17, 15) is 8.42 Å². The van der Waals surface area contributed by atoms with Gasteiger partial charge in [-0.05, 0) is 62.5 Å². The maximum absolute atomic E-state index is 12.4. The fourth-order valence-electron chi connectivity index (χ4n) is 2.50. The summed E-state index contributed by atoms with van der Waals surface area (Å²) >= 11 is 0. The van der Waals surface area contributed by atoms with E-state index in [-0.39, 0.29) is 11.7 Å². The summed E-state index contributed by atoms with van der Waals surface area (Å²) in [5.41, 5.74) is 0.855. The van der Waals surface area contributed by atoms with E-state index in [1.807, 2.05) is 6.92 Å². The van der Waals surface area contributed by atoms with Crippen LogP contribution in [0.4, 0.5) is 0 Å². The monoisotopic (exact) mass is 283 g/mol. The molecule has 5 heteroatoms. The lowest BCUT2D eigenvalue weighted by Crippen LogP contribution is -2.31. The fourth-order valence-corrected chi connectivity index (χ4v) is 4.28. The van der Waals surface area contributed by atoms with Crippen LogP contribution >= 0.6 is 0 Å². The van der Waals surface area contributed by atoms with Crippen LogP contribution in [0.3, 0.4) is 0 Å². The second kappa shape index (κ2) is 5.92. The first kappa shape index (κ1) is 14.3. The molecule has 1 N–H and O–H groups in total. The van der Waals surface area contributed by atoms with Crippen LogP contribution in [-0.2, 0) is 9.84 Å². The van der Waals surface area contributed by atoms with Crippen molar-refractivity contribution in [3.8, 4) is 5.75 Å². The van der Waals surface area contributed by atoms with Gasteiger partial charge in [0, 0.05) is 0 Å². The lowest BCUT2D eigenvalue weighted by Gasteiger charge is -2.22. The van der Waals surface area contributed by atoms with Crippen LogP contribution in [0.1, 0.15) is 18.4 Å². The number of rotatable bonds is 4. The predicted molar refractivity (Wildman–Crippen MR) is 75.4 cm³/mol.